The fourth-order valence-electron chi connectivity index (χ4n) is 1.59. The Balaban J connectivity index is 2.95. The van der Waals surface area contributed by atoms with Crippen molar-refractivity contribution in [1.82, 2.24) is 5.32 Å². The van der Waals surface area contributed by atoms with E-state index < -0.39 is 35.6 Å². The van der Waals surface area contributed by atoms with Crippen molar-refractivity contribution in [3.8, 4) is 0 Å². The predicted octanol–water partition coefficient (Wildman–Crippen LogP) is 1.84. The van der Waals surface area contributed by atoms with Crippen LogP contribution in [0.5, 0.6) is 0 Å². The SMILES string of the molecule is CC(C)(C)OC(=O)N[C@H](c1ccc(F)cc1)[C@@H](O)C(=O)O. The molecule has 6 nitrogen and oxygen atoms in total. The van der Waals surface area contributed by atoms with Gasteiger partial charge in [-0.25, -0.2) is 14.0 Å². The van der Waals surface area contributed by atoms with E-state index in [0.717, 1.165) is 12.1 Å². The summed E-state index contributed by atoms with van der Waals surface area (Å²) >= 11 is 0. The summed E-state index contributed by atoms with van der Waals surface area (Å²) in [5.74, 6) is -2.03. The zero-order chi connectivity index (χ0) is 16.2. The third kappa shape index (κ3) is 5.39. The Kier molecular flexibility index (Phi) is 5.26. The van der Waals surface area contributed by atoms with E-state index in [4.69, 9.17) is 9.84 Å². The quantitative estimate of drug-likeness (QED) is 0.788. The highest BCUT2D eigenvalue weighted by Gasteiger charge is 2.30. The van der Waals surface area contributed by atoms with Gasteiger partial charge in [-0.05, 0) is 38.5 Å². The van der Waals surface area contributed by atoms with Crippen molar-refractivity contribution in [3.63, 3.8) is 0 Å². The van der Waals surface area contributed by atoms with Crippen LogP contribution in [0.25, 0.3) is 0 Å². The fourth-order valence-corrected chi connectivity index (χ4v) is 1.59. The number of carboxylic acids is 1. The molecule has 116 valence electrons. The highest BCUT2D eigenvalue weighted by atomic mass is 19.1. The van der Waals surface area contributed by atoms with Crippen LogP contribution in [0.2, 0.25) is 0 Å². The largest absolute Gasteiger partial charge is 0.479 e. The Labute approximate surface area is 121 Å². The number of alkyl carbamates (subject to hydrolysis) is 1. The lowest BCUT2D eigenvalue weighted by atomic mass is 10.0. The number of aliphatic hydroxyl groups is 1. The Bertz CT molecular complexity index is 509. The van der Waals surface area contributed by atoms with Gasteiger partial charge >= 0.3 is 12.1 Å². The summed E-state index contributed by atoms with van der Waals surface area (Å²) in [7, 11) is 0. The second kappa shape index (κ2) is 6.53. The van der Waals surface area contributed by atoms with Crippen LogP contribution in [0, 0.1) is 5.82 Å². The number of amides is 1. The summed E-state index contributed by atoms with van der Waals surface area (Å²) in [6, 6.07) is 3.52. The molecule has 1 amide bonds. The van der Waals surface area contributed by atoms with Crippen molar-refractivity contribution in [1.29, 1.82) is 0 Å². The molecule has 0 aliphatic rings. The van der Waals surface area contributed by atoms with Crippen molar-refractivity contribution in [2.75, 3.05) is 0 Å². The van der Waals surface area contributed by atoms with E-state index in [9.17, 15) is 19.1 Å². The van der Waals surface area contributed by atoms with Gasteiger partial charge in [0.2, 0.25) is 0 Å². The summed E-state index contributed by atoms with van der Waals surface area (Å²) in [4.78, 5) is 22.7. The minimum atomic E-state index is -1.89. The van der Waals surface area contributed by atoms with E-state index in [2.05, 4.69) is 5.32 Å². The lowest BCUT2D eigenvalue weighted by molar-refractivity contribution is -0.148. The van der Waals surface area contributed by atoms with Crippen molar-refractivity contribution in [3.05, 3.63) is 35.6 Å². The van der Waals surface area contributed by atoms with Crippen molar-refractivity contribution in [2.45, 2.75) is 38.5 Å². The molecule has 0 saturated heterocycles. The smallest absolute Gasteiger partial charge is 0.408 e. The minimum absolute atomic E-state index is 0.247. The maximum Gasteiger partial charge on any atom is 0.408 e. The normalized spacial score (nSPS) is 14.1. The monoisotopic (exact) mass is 299 g/mol. The average Bonchev–Trinajstić information content (AvgIpc) is 2.34. The van der Waals surface area contributed by atoms with Gasteiger partial charge in [0.25, 0.3) is 0 Å². The van der Waals surface area contributed by atoms with Gasteiger partial charge in [0.15, 0.2) is 6.10 Å². The molecule has 2 atom stereocenters. The van der Waals surface area contributed by atoms with Gasteiger partial charge in [0.1, 0.15) is 11.4 Å². The van der Waals surface area contributed by atoms with Crippen LogP contribution < -0.4 is 5.32 Å². The van der Waals surface area contributed by atoms with Crippen LogP contribution in [0.3, 0.4) is 0 Å². The summed E-state index contributed by atoms with van der Waals surface area (Å²) in [5, 5.41) is 20.9. The Hall–Kier alpha value is -2.15. The van der Waals surface area contributed by atoms with E-state index in [1.807, 2.05) is 0 Å². The third-order valence-electron chi connectivity index (χ3n) is 2.47. The van der Waals surface area contributed by atoms with Gasteiger partial charge in [-0.3, -0.25) is 0 Å². The number of benzene rings is 1. The molecule has 0 aromatic heterocycles. The molecule has 0 bridgehead atoms. The van der Waals surface area contributed by atoms with Crippen molar-refractivity contribution < 1.29 is 28.9 Å². The number of carbonyl (C=O) groups is 2. The highest BCUT2D eigenvalue weighted by molar-refractivity contribution is 5.75. The van der Waals surface area contributed by atoms with Gasteiger partial charge < -0.3 is 20.3 Å². The topological polar surface area (TPSA) is 95.9 Å². The molecule has 1 aromatic rings. The van der Waals surface area contributed by atoms with Gasteiger partial charge in [0.05, 0.1) is 6.04 Å². The fraction of sp³-hybridized carbons (Fsp3) is 0.429. The van der Waals surface area contributed by atoms with Gasteiger partial charge in [-0.2, -0.15) is 0 Å². The Morgan fingerprint density at radius 1 is 1.24 bits per heavy atom. The van der Waals surface area contributed by atoms with Crippen LogP contribution in [0.1, 0.15) is 32.4 Å². The maximum atomic E-state index is 12.9. The van der Waals surface area contributed by atoms with Crippen LogP contribution in [-0.4, -0.2) is 34.0 Å². The first kappa shape index (κ1) is 16.9. The number of hydrogen-bond acceptors (Lipinski definition) is 4. The second-order valence-corrected chi connectivity index (χ2v) is 5.46. The molecule has 0 fully saturated rings. The lowest BCUT2D eigenvalue weighted by Crippen LogP contribution is -2.42. The number of halogens is 1. The Morgan fingerprint density at radius 3 is 2.19 bits per heavy atom. The molecule has 0 heterocycles. The van der Waals surface area contributed by atoms with E-state index >= 15 is 0 Å². The number of carbonyl (C=O) groups excluding carboxylic acids is 1. The molecular weight excluding hydrogens is 281 g/mol. The van der Waals surface area contributed by atoms with Gasteiger partial charge in [-0.1, -0.05) is 12.1 Å². The third-order valence-corrected chi connectivity index (χ3v) is 2.47. The molecular formula is C14H18FNO5. The molecule has 7 heteroatoms. The standard InChI is InChI=1S/C14H18FNO5/c1-14(2,3)21-13(20)16-10(11(17)12(18)19)8-4-6-9(15)7-5-8/h4-7,10-11,17H,1-3H3,(H,16,20)(H,18,19)/t10-,11-/m1/s1. The molecule has 1 aromatic carbocycles. The number of nitrogens with one attached hydrogen (secondary N) is 1. The maximum absolute atomic E-state index is 12.9. The first-order valence-corrected chi connectivity index (χ1v) is 6.26. The number of carboxylic acid groups (broad SMARTS) is 1. The van der Waals surface area contributed by atoms with Gasteiger partial charge in [-0.15, -0.1) is 0 Å². The molecule has 3 N–H and O–H groups in total. The molecule has 0 aliphatic heterocycles. The molecule has 0 radical (unpaired) electrons. The molecule has 1 rings (SSSR count). The summed E-state index contributed by atoms with van der Waals surface area (Å²) < 4.78 is 17.9. The molecule has 0 aliphatic carbocycles. The first-order chi connectivity index (χ1) is 9.60. The van der Waals surface area contributed by atoms with Gasteiger partial charge in [0, 0.05) is 0 Å². The minimum Gasteiger partial charge on any atom is -0.479 e. The lowest BCUT2D eigenvalue weighted by Gasteiger charge is -2.25. The first-order valence-electron chi connectivity index (χ1n) is 6.26. The molecule has 21 heavy (non-hydrogen) atoms. The Morgan fingerprint density at radius 2 is 1.76 bits per heavy atom. The average molecular weight is 299 g/mol. The molecule has 0 spiro atoms. The number of rotatable bonds is 4. The predicted molar refractivity (Wildman–Crippen MR) is 72.2 cm³/mol. The van der Waals surface area contributed by atoms with Crippen LogP contribution >= 0.6 is 0 Å². The molecule has 0 unspecified atom stereocenters. The van der Waals surface area contributed by atoms with Crippen LogP contribution in [-0.2, 0) is 9.53 Å². The van der Waals surface area contributed by atoms with E-state index in [1.54, 1.807) is 20.8 Å². The second-order valence-electron chi connectivity index (χ2n) is 5.46. The van der Waals surface area contributed by atoms with Crippen molar-refractivity contribution in [2.24, 2.45) is 0 Å². The summed E-state index contributed by atoms with van der Waals surface area (Å²) in [6.45, 7) is 4.94. The van der Waals surface area contributed by atoms with E-state index in [1.165, 1.54) is 12.1 Å². The zero-order valence-electron chi connectivity index (χ0n) is 12.0. The summed E-state index contributed by atoms with van der Waals surface area (Å²) in [5.41, 5.74) is -0.525. The number of aliphatic carboxylic acids is 1. The molecule has 0 saturated carbocycles. The number of aliphatic hydroxyl groups excluding tert-OH is 1. The van der Waals surface area contributed by atoms with Crippen molar-refractivity contribution >= 4 is 12.1 Å². The van der Waals surface area contributed by atoms with E-state index in [-0.39, 0.29) is 5.56 Å². The summed E-state index contributed by atoms with van der Waals surface area (Å²) in [6.07, 6.45) is -2.76. The highest BCUT2D eigenvalue weighted by Crippen LogP contribution is 2.19. The number of hydrogen-bond donors (Lipinski definition) is 3. The zero-order valence-corrected chi connectivity index (χ0v) is 12.0. The van der Waals surface area contributed by atoms with E-state index in [0.29, 0.717) is 0 Å². The number of ether oxygens (including phenoxy) is 1. The van der Waals surface area contributed by atoms with Crippen LogP contribution in [0.15, 0.2) is 24.3 Å². The van der Waals surface area contributed by atoms with Crippen LogP contribution in [0.4, 0.5) is 9.18 Å².